The Labute approximate surface area is 200 Å². The third kappa shape index (κ3) is 18.0. The minimum absolute atomic E-state index is 0.215. The third-order valence-corrected chi connectivity index (χ3v) is 5.89. The monoisotopic (exact) mass is 440 g/mol. The highest BCUT2D eigenvalue weighted by atomic mass is 16.1. The molecule has 0 aromatic rings. The zero-order valence-electron chi connectivity index (χ0n) is 22.9. The normalized spacial score (nSPS) is 14.0. The summed E-state index contributed by atoms with van der Waals surface area (Å²) >= 11 is 0. The van der Waals surface area contributed by atoms with E-state index in [2.05, 4.69) is 71.9 Å². The maximum atomic E-state index is 12.0. The van der Waals surface area contributed by atoms with Crippen LogP contribution in [0.5, 0.6) is 0 Å². The number of carbonyl (C=O) groups is 1. The van der Waals surface area contributed by atoms with E-state index < -0.39 is 0 Å². The summed E-state index contributed by atoms with van der Waals surface area (Å²) in [6.07, 6.45) is 22.5. The fourth-order valence-electron chi connectivity index (χ4n) is 3.43. The van der Waals surface area contributed by atoms with Crippen molar-refractivity contribution in [2.45, 2.75) is 127 Å². The number of ketones is 1. The summed E-state index contributed by atoms with van der Waals surface area (Å²) in [6, 6.07) is 0. The molecular weight excluding hydrogens is 388 g/mol. The summed E-state index contributed by atoms with van der Waals surface area (Å²) in [5, 5.41) is 0. The molecule has 0 aliphatic rings. The second kappa shape index (κ2) is 16.9. The molecule has 0 heterocycles. The molecule has 0 aliphatic heterocycles. The van der Waals surface area contributed by atoms with E-state index in [0.29, 0.717) is 12.2 Å². The first-order chi connectivity index (χ1) is 14.9. The molecular formula is C31H52O. The average Bonchev–Trinajstić information content (AvgIpc) is 2.68. The zero-order chi connectivity index (χ0) is 24.6. The van der Waals surface area contributed by atoms with Crippen molar-refractivity contribution in [3.8, 4) is 0 Å². The fourth-order valence-corrected chi connectivity index (χ4v) is 3.43. The van der Waals surface area contributed by atoms with E-state index in [1.807, 2.05) is 20.8 Å². The van der Waals surface area contributed by atoms with Gasteiger partial charge >= 0.3 is 0 Å². The van der Waals surface area contributed by atoms with Crippen LogP contribution in [0, 0.1) is 5.41 Å². The Morgan fingerprint density at radius 3 is 1.22 bits per heavy atom. The number of Topliss-reactive ketones (excluding diaryl/α,β-unsaturated/α-hetero) is 1. The van der Waals surface area contributed by atoms with Crippen molar-refractivity contribution in [3.63, 3.8) is 0 Å². The van der Waals surface area contributed by atoms with Crippen molar-refractivity contribution in [1.29, 1.82) is 0 Å². The van der Waals surface area contributed by atoms with E-state index in [-0.39, 0.29) is 5.41 Å². The van der Waals surface area contributed by atoms with Gasteiger partial charge in [0.15, 0.2) is 0 Å². The summed E-state index contributed by atoms with van der Waals surface area (Å²) in [5.41, 5.74) is 7.03. The van der Waals surface area contributed by atoms with Gasteiger partial charge in [-0.05, 0) is 99.3 Å². The predicted octanol–water partition coefficient (Wildman–Crippen LogP) is 10.3. The standard InChI is InChI=1S/C31H52O/c1-25(2)15-12-18-26(3)16-10-11-17-27(4)19-13-20-28(5)21-14-22-29(6)23-24-30(32)31(7,8)9/h15-17,20,22H,10-14,18-19,21,23-24H2,1-9H3/b26-16-,27-17+,28-20+,29-22+. The highest BCUT2D eigenvalue weighted by Crippen LogP contribution is 2.20. The van der Waals surface area contributed by atoms with E-state index in [9.17, 15) is 4.79 Å². The third-order valence-electron chi connectivity index (χ3n) is 5.89. The lowest BCUT2D eigenvalue weighted by Crippen LogP contribution is -2.19. The Balaban J connectivity index is 4.13. The lowest BCUT2D eigenvalue weighted by molar-refractivity contribution is -0.126. The van der Waals surface area contributed by atoms with Gasteiger partial charge < -0.3 is 0 Å². The average molecular weight is 441 g/mol. The van der Waals surface area contributed by atoms with Crippen molar-refractivity contribution < 1.29 is 4.79 Å². The molecule has 0 unspecified atom stereocenters. The number of rotatable bonds is 15. The molecule has 0 rings (SSSR count). The van der Waals surface area contributed by atoms with Crippen LogP contribution in [0.3, 0.4) is 0 Å². The van der Waals surface area contributed by atoms with Gasteiger partial charge in [0.2, 0.25) is 0 Å². The van der Waals surface area contributed by atoms with Gasteiger partial charge in [0.25, 0.3) is 0 Å². The number of hydrogen-bond acceptors (Lipinski definition) is 1. The Morgan fingerprint density at radius 1 is 0.500 bits per heavy atom. The van der Waals surface area contributed by atoms with E-state index in [1.54, 1.807) is 0 Å². The minimum Gasteiger partial charge on any atom is -0.299 e. The first kappa shape index (κ1) is 30.4. The van der Waals surface area contributed by atoms with Crippen molar-refractivity contribution in [2.24, 2.45) is 5.41 Å². The zero-order valence-corrected chi connectivity index (χ0v) is 22.9. The summed E-state index contributed by atoms with van der Waals surface area (Å²) in [6.45, 7) is 19.3. The van der Waals surface area contributed by atoms with Gasteiger partial charge in [-0.2, -0.15) is 0 Å². The molecule has 0 bridgehead atoms. The number of hydrogen-bond donors (Lipinski definition) is 0. The minimum atomic E-state index is -0.215. The Morgan fingerprint density at radius 2 is 0.844 bits per heavy atom. The van der Waals surface area contributed by atoms with Crippen LogP contribution >= 0.6 is 0 Å². The fraction of sp³-hybridized carbons (Fsp3) is 0.645. The molecule has 0 N–H and O–H groups in total. The van der Waals surface area contributed by atoms with Gasteiger partial charge in [-0.3, -0.25) is 4.79 Å². The summed E-state index contributed by atoms with van der Waals surface area (Å²) in [7, 11) is 0. The van der Waals surface area contributed by atoms with Crippen molar-refractivity contribution in [2.75, 3.05) is 0 Å². The van der Waals surface area contributed by atoms with E-state index in [1.165, 1.54) is 34.3 Å². The Bertz CT molecular complexity index is 697. The number of allylic oxidation sites excluding steroid dienone is 10. The topological polar surface area (TPSA) is 17.1 Å². The van der Waals surface area contributed by atoms with Crippen molar-refractivity contribution in [3.05, 3.63) is 58.2 Å². The molecule has 0 spiro atoms. The molecule has 1 nitrogen and oxygen atoms in total. The van der Waals surface area contributed by atoms with Crippen LogP contribution in [0.1, 0.15) is 127 Å². The Hall–Kier alpha value is -1.63. The maximum Gasteiger partial charge on any atom is 0.138 e. The van der Waals surface area contributed by atoms with E-state index >= 15 is 0 Å². The largest absolute Gasteiger partial charge is 0.299 e. The van der Waals surface area contributed by atoms with Crippen molar-refractivity contribution in [1.82, 2.24) is 0 Å². The molecule has 0 saturated carbocycles. The van der Waals surface area contributed by atoms with Gasteiger partial charge in [-0.25, -0.2) is 0 Å². The SMILES string of the molecule is CC(C)=CCC/C(C)=C\CC/C=C(\C)CC/C=C(\C)CC/C=C(\C)CCC(=O)C(C)(C)C. The molecule has 0 fully saturated rings. The quantitative estimate of drug-likeness (QED) is 0.183. The van der Waals surface area contributed by atoms with Crippen LogP contribution in [-0.4, -0.2) is 5.78 Å². The molecule has 32 heavy (non-hydrogen) atoms. The second-order valence-electron chi connectivity index (χ2n) is 10.8. The van der Waals surface area contributed by atoms with Gasteiger partial charge in [0.05, 0.1) is 0 Å². The van der Waals surface area contributed by atoms with E-state index in [0.717, 1.165) is 51.4 Å². The molecule has 182 valence electrons. The first-order valence-corrected chi connectivity index (χ1v) is 12.7. The number of unbranched alkanes of at least 4 members (excludes halogenated alkanes) is 1. The van der Waals surface area contributed by atoms with Crippen LogP contribution in [0.25, 0.3) is 0 Å². The molecule has 1 heteroatoms. The van der Waals surface area contributed by atoms with Gasteiger partial charge in [0, 0.05) is 11.8 Å². The van der Waals surface area contributed by atoms with Crippen LogP contribution in [0.15, 0.2) is 58.2 Å². The lowest BCUT2D eigenvalue weighted by atomic mass is 9.87. The van der Waals surface area contributed by atoms with Crippen LogP contribution in [0.2, 0.25) is 0 Å². The van der Waals surface area contributed by atoms with Crippen LogP contribution < -0.4 is 0 Å². The summed E-state index contributed by atoms with van der Waals surface area (Å²) in [4.78, 5) is 12.0. The maximum absolute atomic E-state index is 12.0. The molecule has 0 aromatic heterocycles. The lowest BCUT2D eigenvalue weighted by Gasteiger charge is -2.16. The first-order valence-electron chi connectivity index (χ1n) is 12.7. The van der Waals surface area contributed by atoms with Gasteiger partial charge in [0.1, 0.15) is 5.78 Å². The smallest absolute Gasteiger partial charge is 0.138 e. The second-order valence-corrected chi connectivity index (χ2v) is 10.8. The van der Waals surface area contributed by atoms with Gasteiger partial charge in [-0.15, -0.1) is 0 Å². The highest BCUT2D eigenvalue weighted by Gasteiger charge is 2.20. The highest BCUT2D eigenvalue weighted by molar-refractivity contribution is 5.83. The Kier molecular flexibility index (Phi) is 16.1. The van der Waals surface area contributed by atoms with Gasteiger partial charge in [-0.1, -0.05) is 79.0 Å². The molecule has 0 atom stereocenters. The van der Waals surface area contributed by atoms with Crippen LogP contribution in [0.4, 0.5) is 0 Å². The van der Waals surface area contributed by atoms with E-state index in [4.69, 9.17) is 0 Å². The summed E-state index contributed by atoms with van der Waals surface area (Å²) < 4.78 is 0. The molecule has 0 saturated heterocycles. The molecule has 0 aromatic carbocycles. The number of carbonyl (C=O) groups excluding carboxylic acids is 1. The van der Waals surface area contributed by atoms with Crippen molar-refractivity contribution >= 4 is 5.78 Å². The molecule has 0 radical (unpaired) electrons. The molecule has 0 amide bonds. The molecule has 0 aliphatic carbocycles. The predicted molar refractivity (Wildman–Crippen MR) is 145 cm³/mol. The summed E-state index contributed by atoms with van der Waals surface area (Å²) in [5.74, 6) is 0.357. The van der Waals surface area contributed by atoms with Crippen LogP contribution in [-0.2, 0) is 4.79 Å².